The summed E-state index contributed by atoms with van der Waals surface area (Å²) in [7, 11) is 4.73. The van der Waals surface area contributed by atoms with Gasteiger partial charge in [-0.25, -0.2) is 4.98 Å². The maximum Gasteiger partial charge on any atom is 0.298 e. The van der Waals surface area contributed by atoms with E-state index >= 15 is 0 Å². The molecule has 4 aromatic rings. The summed E-state index contributed by atoms with van der Waals surface area (Å²) in [4.78, 5) is 20.3. The van der Waals surface area contributed by atoms with E-state index in [1.807, 2.05) is 24.3 Å². The van der Waals surface area contributed by atoms with Crippen molar-refractivity contribution in [2.24, 2.45) is 5.10 Å². The maximum absolute atomic E-state index is 12.8. The zero-order chi connectivity index (χ0) is 19.7. The molecule has 1 N–H and O–H groups in total. The number of ether oxygens (including phenoxy) is 3. The van der Waals surface area contributed by atoms with Crippen LogP contribution in [0.4, 0.5) is 0 Å². The number of rotatable bonds is 5. The fourth-order valence-electron chi connectivity index (χ4n) is 3.00. The van der Waals surface area contributed by atoms with E-state index in [4.69, 9.17) is 14.2 Å². The molecule has 0 spiro atoms. The minimum absolute atomic E-state index is 0.295. The molecule has 4 rings (SSSR count). The van der Waals surface area contributed by atoms with Crippen LogP contribution in [-0.4, -0.2) is 42.2 Å². The molecule has 0 bridgehead atoms. The highest BCUT2D eigenvalue weighted by Crippen LogP contribution is 2.27. The van der Waals surface area contributed by atoms with E-state index in [1.54, 1.807) is 39.7 Å². The summed E-state index contributed by atoms with van der Waals surface area (Å²) in [5, 5.41) is 5.09. The number of hydrogen-bond acceptors (Lipinski definition) is 6. The number of H-pyrrole nitrogens is 1. The number of fused-ring (bicyclic) bond motifs is 3. The topological polar surface area (TPSA) is 90.7 Å². The molecule has 0 amide bonds. The number of benzene rings is 2. The molecular weight excluding hydrogens is 360 g/mol. The second kappa shape index (κ2) is 7.07. The molecule has 2 heterocycles. The number of methoxy groups -OCH3 is 3. The molecule has 0 aliphatic carbocycles. The second-order valence-corrected chi connectivity index (χ2v) is 6.01. The number of nitrogens with zero attached hydrogens (tertiary/aromatic N) is 3. The van der Waals surface area contributed by atoms with E-state index in [0.29, 0.717) is 28.3 Å². The fraction of sp³-hybridized carbons (Fsp3) is 0.150. The molecule has 0 atom stereocenters. The maximum atomic E-state index is 12.8. The minimum Gasteiger partial charge on any atom is -0.497 e. The highest BCUT2D eigenvalue weighted by Gasteiger charge is 2.11. The van der Waals surface area contributed by atoms with Crippen LogP contribution in [0.25, 0.3) is 21.9 Å². The number of aromatic nitrogens is 3. The van der Waals surface area contributed by atoms with Gasteiger partial charge < -0.3 is 19.2 Å². The van der Waals surface area contributed by atoms with Gasteiger partial charge in [0, 0.05) is 11.5 Å². The third kappa shape index (κ3) is 2.94. The quantitative estimate of drug-likeness (QED) is 0.539. The lowest BCUT2D eigenvalue weighted by Crippen LogP contribution is -2.17. The van der Waals surface area contributed by atoms with Gasteiger partial charge in [0.1, 0.15) is 23.1 Å². The van der Waals surface area contributed by atoms with Gasteiger partial charge >= 0.3 is 0 Å². The summed E-state index contributed by atoms with van der Waals surface area (Å²) in [6.07, 6.45) is 2.96. The lowest BCUT2D eigenvalue weighted by Gasteiger charge is -2.07. The SMILES string of the molecule is COc1ccc2c(c1)[nH]c1c(=O)n(/N=C/c3ccc(OC)c(OC)c3)cnc12. The molecule has 0 radical (unpaired) electrons. The first-order valence-electron chi connectivity index (χ1n) is 8.48. The van der Waals surface area contributed by atoms with Crippen molar-refractivity contribution >= 4 is 28.2 Å². The van der Waals surface area contributed by atoms with Crippen molar-refractivity contribution in [2.45, 2.75) is 0 Å². The first-order chi connectivity index (χ1) is 13.6. The monoisotopic (exact) mass is 378 g/mol. The molecule has 2 aromatic carbocycles. The Morgan fingerprint density at radius 1 is 1.04 bits per heavy atom. The van der Waals surface area contributed by atoms with Crippen molar-refractivity contribution in [3.8, 4) is 17.2 Å². The van der Waals surface area contributed by atoms with Crippen LogP contribution >= 0.6 is 0 Å². The van der Waals surface area contributed by atoms with Crippen LogP contribution < -0.4 is 19.8 Å². The predicted molar refractivity (Wildman–Crippen MR) is 107 cm³/mol. The van der Waals surface area contributed by atoms with Crippen LogP contribution in [0.5, 0.6) is 17.2 Å². The van der Waals surface area contributed by atoms with Crippen molar-refractivity contribution in [1.82, 2.24) is 14.6 Å². The standard InChI is InChI=1S/C20H18N4O4/c1-26-13-5-6-14-15(9-13)23-19-18(14)21-11-24(20(19)25)22-10-12-4-7-16(27-2)17(8-12)28-3/h4-11,23H,1-3H3/b22-10+. The Kier molecular flexibility index (Phi) is 4.44. The number of hydrogen-bond donors (Lipinski definition) is 1. The molecule has 0 fully saturated rings. The molecule has 8 nitrogen and oxygen atoms in total. The van der Waals surface area contributed by atoms with Crippen LogP contribution in [0.3, 0.4) is 0 Å². The largest absolute Gasteiger partial charge is 0.497 e. The van der Waals surface area contributed by atoms with Crippen LogP contribution in [0.15, 0.2) is 52.6 Å². The predicted octanol–water partition coefficient (Wildman–Crippen LogP) is 2.79. The van der Waals surface area contributed by atoms with Crippen molar-refractivity contribution in [3.63, 3.8) is 0 Å². The summed E-state index contributed by atoms with van der Waals surface area (Å²) < 4.78 is 16.9. The Hall–Kier alpha value is -3.81. The van der Waals surface area contributed by atoms with Gasteiger partial charge in [-0.3, -0.25) is 4.79 Å². The smallest absolute Gasteiger partial charge is 0.298 e. The van der Waals surface area contributed by atoms with E-state index in [0.717, 1.165) is 16.5 Å². The van der Waals surface area contributed by atoms with Gasteiger partial charge in [0.25, 0.3) is 5.56 Å². The van der Waals surface area contributed by atoms with Crippen LogP contribution in [-0.2, 0) is 0 Å². The van der Waals surface area contributed by atoms with E-state index in [2.05, 4.69) is 15.1 Å². The minimum atomic E-state index is -0.295. The highest BCUT2D eigenvalue weighted by molar-refractivity contribution is 6.04. The Balaban J connectivity index is 1.75. The first kappa shape index (κ1) is 17.6. The van der Waals surface area contributed by atoms with Gasteiger partial charge in [0.05, 0.1) is 33.1 Å². The zero-order valence-corrected chi connectivity index (χ0v) is 15.6. The van der Waals surface area contributed by atoms with E-state index in [1.165, 1.54) is 11.0 Å². The summed E-state index contributed by atoms with van der Waals surface area (Å²) in [5.74, 6) is 1.90. The molecule has 2 aromatic heterocycles. The molecule has 142 valence electrons. The second-order valence-electron chi connectivity index (χ2n) is 6.01. The third-order valence-corrected chi connectivity index (χ3v) is 4.44. The van der Waals surface area contributed by atoms with Gasteiger partial charge in [-0.15, -0.1) is 0 Å². The van der Waals surface area contributed by atoms with Crippen molar-refractivity contribution in [1.29, 1.82) is 0 Å². The molecule has 8 heteroatoms. The van der Waals surface area contributed by atoms with Gasteiger partial charge in [-0.1, -0.05) is 0 Å². The lowest BCUT2D eigenvalue weighted by atomic mass is 10.2. The van der Waals surface area contributed by atoms with E-state index in [-0.39, 0.29) is 5.56 Å². The molecular formula is C20H18N4O4. The van der Waals surface area contributed by atoms with Gasteiger partial charge in [-0.05, 0) is 35.9 Å². The summed E-state index contributed by atoms with van der Waals surface area (Å²) in [6.45, 7) is 0. The van der Waals surface area contributed by atoms with Gasteiger partial charge in [0.2, 0.25) is 0 Å². The Bertz CT molecular complexity index is 1260. The van der Waals surface area contributed by atoms with Crippen LogP contribution in [0.1, 0.15) is 5.56 Å². The fourth-order valence-corrected chi connectivity index (χ4v) is 3.00. The first-order valence-corrected chi connectivity index (χ1v) is 8.48. The molecule has 0 aliphatic rings. The Morgan fingerprint density at radius 3 is 2.61 bits per heavy atom. The van der Waals surface area contributed by atoms with E-state index < -0.39 is 0 Å². The van der Waals surface area contributed by atoms with Crippen LogP contribution in [0, 0.1) is 0 Å². The van der Waals surface area contributed by atoms with E-state index in [9.17, 15) is 4.79 Å². The average Bonchev–Trinajstić information content (AvgIpc) is 3.11. The highest BCUT2D eigenvalue weighted by atomic mass is 16.5. The summed E-state index contributed by atoms with van der Waals surface area (Å²) in [6, 6.07) is 10.9. The third-order valence-electron chi connectivity index (χ3n) is 4.44. The zero-order valence-electron chi connectivity index (χ0n) is 15.6. The normalized spacial score (nSPS) is 11.4. The van der Waals surface area contributed by atoms with Crippen LogP contribution in [0.2, 0.25) is 0 Å². The molecule has 0 saturated heterocycles. The Morgan fingerprint density at radius 2 is 1.86 bits per heavy atom. The van der Waals surface area contributed by atoms with Crippen molar-refractivity contribution < 1.29 is 14.2 Å². The van der Waals surface area contributed by atoms with Crippen molar-refractivity contribution in [3.05, 3.63) is 58.6 Å². The molecule has 28 heavy (non-hydrogen) atoms. The number of nitrogens with one attached hydrogen (secondary N) is 1. The lowest BCUT2D eigenvalue weighted by molar-refractivity contribution is 0.355. The average molecular weight is 378 g/mol. The van der Waals surface area contributed by atoms with Gasteiger partial charge in [0.15, 0.2) is 11.5 Å². The summed E-state index contributed by atoms with van der Waals surface area (Å²) >= 11 is 0. The van der Waals surface area contributed by atoms with Gasteiger partial charge in [-0.2, -0.15) is 9.78 Å². The van der Waals surface area contributed by atoms with Crippen molar-refractivity contribution in [2.75, 3.05) is 21.3 Å². The summed E-state index contributed by atoms with van der Waals surface area (Å²) in [5.41, 5.74) is 2.22. The Labute approximate surface area is 160 Å². The molecule has 0 unspecified atom stereocenters. The number of aromatic amines is 1. The molecule has 0 aliphatic heterocycles. The molecule has 0 saturated carbocycles.